The Hall–Kier alpha value is -2.26. The summed E-state index contributed by atoms with van der Waals surface area (Å²) in [6.07, 6.45) is 3.18. The van der Waals surface area contributed by atoms with Crippen LogP contribution in [0.15, 0.2) is 54.6 Å². The Morgan fingerprint density at radius 2 is 1.90 bits per heavy atom. The summed E-state index contributed by atoms with van der Waals surface area (Å²) in [5.41, 5.74) is 1.44. The quantitative estimate of drug-likeness (QED) is 0.832. The zero-order valence-electron chi connectivity index (χ0n) is 11.7. The molecule has 0 saturated heterocycles. The van der Waals surface area contributed by atoms with E-state index in [1.807, 2.05) is 43.3 Å². The van der Waals surface area contributed by atoms with E-state index in [4.69, 9.17) is 16.3 Å². The van der Waals surface area contributed by atoms with Gasteiger partial charge in [-0.2, -0.15) is 0 Å². The Kier molecular flexibility index (Phi) is 5.41. The Morgan fingerprint density at radius 1 is 1.19 bits per heavy atom. The molecule has 0 bridgehead atoms. The molecule has 1 N–H and O–H groups in total. The number of benzene rings is 2. The van der Waals surface area contributed by atoms with Crippen molar-refractivity contribution in [3.05, 3.63) is 65.2 Å². The van der Waals surface area contributed by atoms with Crippen LogP contribution >= 0.6 is 11.6 Å². The normalized spacial score (nSPS) is 10.6. The fraction of sp³-hybridized carbons (Fsp3) is 0.118. The lowest BCUT2D eigenvalue weighted by Crippen LogP contribution is -2.08. The first-order chi connectivity index (χ1) is 10.2. The average molecular weight is 302 g/mol. The lowest BCUT2D eigenvalue weighted by atomic mass is 10.2. The smallest absolute Gasteiger partial charge is 0.248 e. The summed E-state index contributed by atoms with van der Waals surface area (Å²) in [6.45, 7) is 2.50. The molecule has 108 valence electrons. The summed E-state index contributed by atoms with van der Waals surface area (Å²) in [6, 6.07) is 14.7. The largest absolute Gasteiger partial charge is 0.493 e. The minimum atomic E-state index is -0.241. The molecule has 0 heterocycles. The molecule has 0 aromatic heterocycles. The van der Waals surface area contributed by atoms with Gasteiger partial charge in [0.15, 0.2) is 0 Å². The van der Waals surface area contributed by atoms with Crippen LogP contribution in [-0.2, 0) is 4.79 Å². The zero-order chi connectivity index (χ0) is 15.1. The molecule has 2 aromatic rings. The van der Waals surface area contributed by atoms with Crippen LogP contribution in [0.5, 0.6) is 5.75 Å². The molecule has 21 heavy (non-hydrogen) atoms. The van der Waals surface area contributed by atoms with E-state index in [-0.39, 0.29) is 5.91 Å². The van der Waals surface area contributed by atoms with Crippen molar-refractivity contribution in [2.24, 2.45) is 0 Å². The Balaban J connectivity index is 2.07. The molecule has 0 spiro atoms. The molecule has 0 unspecified atom stereocenters. The average Bonchev–Trinajstić information content (AvgIpc) is 2.49. The number of carbonyl (C=O) groups is 1. The number of para-hydroxylation sites is 2. The lowest BCUT2D eigenvalue weighted by Gasteiger charge is -2.06. The minimum absolute atomic E-state index is 0.241. The Labute approximate surface area is 129 Å². The fourth-order valence-corrected chi connectivity index (χ4v) is 1.99. The standard InChI is InChI=1S/C17H16ClNO2/c1-2-21-16-10-6-3-7-13(16)11-12-17(20)19-15-9-5-4-8-14(15)18/h3-12H,2H2,1H3,(H,19,20)/b12-11+. The highest BCUT2D eigenvalue weighted by atomic mass is 35.5. The second kappa shape index (κ2) is 7.50. The number of nitrogens with one attached hydrogen (secondary N) is 1. The van der Waals surface area contributed by atoms with E-state index in [9.17, 15) is 4.79 Å². The van der Waals surface area contributed by atoms with Crippen molar-refractivity contribution >= 4 is 29.3 Å². The van der Waals surface area contributed by atoms with Gasteiger partial charge in [0.2, 0.25) is 5.91 Å². The zero-order valence-corrected chi connectivity index (χ0v) is 12.4. The third-order valence-electron chi connectivity index (χ3n) is 2.76. The fourth-order valence-electron chi connectivity index (χ4n) is 1.81. The second-order valence-electron chi connectivity index (χ2n) is 4.27. The van der Waals surface area contributed by atoms with Gasteiger partial charge in [-0.05, 0) is 31.2 Å². The predicted octanol–water partition coefficient (Wildman–Crippen LogP) is 4.39. The van der Waals surface area contributed by atoms with Gasteiger partial charge >= 0.3 is 0 Å². The predicted molar refractivity (Wildman–Crippen MR) is 86.7 cm³/mol. The minimum Gasteiger partial charge on any atom is -0.493 e. The molecule has 1 amide bonds. The van der Waals surface area contributed by atoms with Gasteiger partial charge in [-0.1, -0.05) is 41.9 Å². The maximum atomic E-state index is 11.9. The summed E-state index contributed by atoms with van der Waals surface area (Å²) < 4.78 is 5.50. The highest BCUT2D eigenvalue weighted by molar-refractivity contribution is 6.33. The molecule has 3 nitrogen and oxygen atoms in total. The summed E-state index contributed by atoms with van der Waals surface area (Å²) >= 11 is 5.99. The van der Waals surface area contributed by atoms with Gasteiger partial charge in [0.1, 0.15) is 5.75 Å². The van der Waals surface area contributed by atoms with E-state index in [0.29, 0.717) is 17.3 Å². The van der Waals surface area contributed by atoms with Gasteiger partial charge < -0.3 is 10.1 Å². The SMILES string of the molecule is CCOc1ccccc1/C=C/C(=O)Nc1ccccc1Cl. The Bertz CT molecular complexity index is 653. The van der Waals surface area contributed by atoms with Gasteiger partial charge in [-0.25, -0.2) is 0 Å². The highest BCUT2D eigenvalue weighted by Crippen LogP contribution is 2.21. The van der Waals surface area contributed by atoms with Crippen molar-refractivity contribution in [2.45, 2.75) is 6.92 Å². The van der Waals surface area contributed by atoms with E-state index in [0.717, 1.165) is 11.3 Å². The summed E-state index contributed by atoms with van der Waals surface area (Å²) in [7, 11) is 0. The van der Waals surface area contributed by atoms with E-state index in [1.54, 1.807) is 18.2 Å². The molecule has 2 aromatic carbocycles. The number of carbonyl (C=O) groups excluding carboxylic acids is 1. The van der Waals surface area contributed by atoms with Gasteiger partial charge in [-0.3, -0.25) is 4.79 Å². The van der Waals surface area contributed by atoms with Crippen molar-refractivity contribution < 1.29 is 9.53 Å². The first-order valence-electron chi connectivity index (χ1n) is 6.66. The first kappa shape index (κ1) is 15.1. The van der Waals surface area contributed by atoms with E-state index < -0.39 is 0 Å². The number of halogens is 1. The molecule has 0 fully saturated rings. The van der Waals surface area contributed by atoms with Crippen molar-refractivity contribution in [1.29, 1.82) is 0 Å². The number of hydrogen-bond acceptors (Lipinski definition) is 2. The summed E-state index contributed by atoms with van der Waals surface area (Å²) in [5, 5.41) is 3.24. The third-order valence-corrected chi connectivity index (χ3v) is 3.09. The molecular weight excluding hydrogens is 286 g/mol. The molecule has 0 aliphatic carbocycles. The maximum Gasteiger partial charge on any atom is 0.248 e. The summed E-state index contributed by atoms with van der Waals surface area (Å²) in [4.78, 5) is 11.9. The lowest BCUT2D eigenvalue weighted by molar-refractivity contribution is -0.111. The highest BCUT2D eigenvalue weighted by Gasteiger charge is 2.03. The Morgan fingerprint density at radius 3 is 2.67 bits per heavy atom. The molecule has 0 aliphatic heterocycles. The monoisotopic (exact) mass is 301 g/mol. The van der Waals surface area contributed by atoms with Crippen LogP contribution in [0.4, 0.5) is 5.69 Å². The van der Waals surface area contributed by atoms with Crippen LogP contribution in [0.2, 0.25) is 5.02 Å². The molecule has 0 radical (unpaired) electrons. The summed E-state index contributed by atoms with van der Waals surface area (Å²) in [5.74, 6) is 0.510. The molecule has 0 saturated carbocycles. The van der Waals surface area contributed by atoms with Gasteiger partial charge in [-0.15, -0.1) is 0 Å². The number of amides is 1. The molecule has 0 atom stereocenters. The molecule has 0 aliphatic rings. The number of anilines is 1. The van der Waals surface area contributed by atoms with Crippen LogP contribution < -0.4 is 10.1 Å². The maximum absolute atomic E-state index is 11.9. The van der Waals surface area contributed by atoms with Crippen molar-refractivity contribution in [3.63, 3.8) is 0 Å². The van der Waals surface area contributed by atoms with Gasteiger partial charge in [0.25, 0.3) is 0 Å². The van der Waals surface area contributed by atoms with Gasteiger partial charge in [0.05, 0.1) is 17.3 Å². The van der Waals surface area contributed by atoms with Crippen LogP contribution in [0, 0.1) is 0 Å². The molecule has 2 rings (SSSR count). The van der Waals surface area contributed by atoms with E-state index in [2.05, 4.69) is 5.32 Å². The molecular formula is C17H16ClNO2. The van der Waals surface area contributed by atoms with E-state index >= 15 is 0 Å². The third kappa shape index (κ3) is 4.36. The van der Waals surface area contributed by atoms with Crippen LogP contribution in [0.3, 0.4) is 0 Å². The van der Waals surface area contributed by atoms with Crippen LogP contribution in [-0.4, -0.2) is 12.5 Å². The number of rotatable bonds is 5. The van der Waals surface area contributed by atoms with Crippen LogP contribution in [0.25, 0.3) is 6.08 Å². The van der Waals surface area contributed by atoms with Crippen molar-refractivity contribution in [2.75, 3.05) is 11.9 Å². The number of hydrogen-bond donors (Lipinski definition) is 1. The van der Waals surface area contributed by atoms with Crippen LogP contribution in [0.1, 0.15) is 12.5 Å². The van der Waals surface area contributed by atoms with Crippen molar-refractivity contribution in [3.8, 4) is 5.75 Å². The topological polar surface area (TPSA) is 38.3 Å². The first-order valence-corrected chi connectivity index (χ1v) is 7.04. The second-order valence-corrected chi connectivity index (χ2v) is 4.68. The van der Waals surface area contributed by atoms with Crippen molar-refractivity contribution in [1.82, 2.24) is 0 Å². The number of ether oxygens (including phenoxy) is 1. The van der Waals surface area contributed by atoms with Gasteiger partial charge in [0, 0.05) is 11.6 Å². The molecule has 4 heteroatoms. The van der Waals surface area contributed by atoms with E-state index in [1.165, 1.54) is 6.08 Å².